The molecule has 3 aromatic carbocycles. The van der Waals surface area contributed by atoms with E-state index in [1.165, 1.54) is 0 Å². The number of benzene rings is 3. The number of anilines is 1. The van der Waals surface area contributed by atoms with E-state index in [4.69, 9.17) is 16.6 Å². The van der Waals surface area contributed by atoms with Crippen LogP contribution in [0.15, 0.2) is 77.7 Å². The molecule has 6 rings (SSSR count). The predicted octanol–water partition coefficient (Wildman–Crippen LogP) is 4.42. The maximum Gasteiger partial charge on any atom is 0.243 e. The normalized spacial score (nSPS) is 15.1. The molecule has 0 unspecified atom stereocenters. The van der Waals surface area contributed by atoms with E-state index in [2.05, 4.69) is 15.1 Å². The minimum atomic E-state index is -3.57. The lowest BCUT2D eigenvalue weighted by molar-refractivity contribution is 0.382. The minimum absolute atomic E-state index is 0.325. The van der Waals surface area contributed by atoms with Crippen LogP contribution in [0.2, 0.25) is 5.02 Å². The lowest BCUT2D eigenvalue weighted by Crippen LogP contribution is -2.49. The van der Waals surface area contributed by atoms with Crippen LogP contribution >= 0.6 is 11.6 Å². The fourth-order valence-corrected chi connectivity index (χ4v) is 6.27. The SMILES string of the molecule is Cc1cccc(S(=O)(=O)N2CCN(c3nc4ccccc4c4nnc(-c5ccc(Cl)cc5)n34)CC2)c1. The van der Waals surface area contributed by atoms with Crippen molar-refractivity contribution in [3.05, 3.63) is 83.4 Å². The first-order valence-electron chi connectivity index (χ1n) is 11.6. The van der Waals surface area contributed by atoms with E-state index in [1.54, 1.807) is 22.5 Å². The first-order chi connectivity index (χ1) is 17.4. The molecule has 2 aromatic heterocycles. The first kappa shape index (κ1) is 22.9. The number of aromatic nitrogens is 4. The first-order valence-corrected chi connectivity index (χ1v) is 13.5. The average Bonchev–Trinajstić information content (AvgIpc) is 3.34. The van der Waals surface area contributed by atoms with Crippen molar-refractivity contribution in [3.8, 4) is 11.4 Å². The zero-order valence-corrected chi connectivity index (χ0v) is 21.1. The molecular formula is C26H23ClN6O2S. The molecule has 0 saturated carbocycles. The Morgan fingerprint density at radius 1 is 0.861 bits per heavy atom. The molecule has 182 valence electrons. The summed E-state index contributed by atoms with van der Waals surface area (Å²) >= 11 is 6.11. The summed E-state index contributed by atoms with van der Waals surface area (Å²) in [5.74, 6) is 1.34. The molecule has 0 radical (unpaired) electrons. The van der Waals surface area contributed by atoms with Gasteiger partial charge in [0.05, 0.1) is 10.4 Å². The van der Waals surface area contributed by atoms with Crippen LogP contribution in [0.4, 0.5) is 5.95 Å². The summed E-state index contributed by atoms with van der Waals surface area (Å²) in [6, 6.07) is 22.3. The zero-order valence-electron chi connectivity index (χ0n) is 19.5. The highest BCUT2D eigenvalue weighted by Gasteiger charge is 2.30. The molecule has 3 heterocycles. The van der Waals surface area contributed by atoms with Gasteiger partial charge in [0.1, 0.15) is 0 Å². The van der Waals surface area contributed by atoms with Gasteiger partial charge in [-0.25, -0.2) is 17.8 Å². The number of para-hydroxylation sites is 1. The molecule has 1 aliphatic rings. The van der Waals surface area contributed by atoms with E-state index in [0.29, 0.717) is 53.5 Å². The lowest BCUT2D eigenvalue weighted by Gasteiger charge is -2.35. The van der Waals surface area contributed by atoms with Crippen LogP contribution in [-0.2, 0) is 10.0 Å². The Hall–Kier alpha value is -3.53. The third-order valence-corrected chi connectivity index (χ3v) is 8.63. The van der Waals surface area contributed by atoms with Crippen molar-refractivity contribution in [2.45, 2.75) is 11.8 Å². The number of sulfonamides is 1. The summed E-state index contributed by atoms with van der Waals surface area (Å²) in [4.78, 5) is 7.40. The Labute approximate surface area is 213 Å². The Morgan fingerprint density at radius 2 is 1.61 bits per heavy atom. The minimum Gasteiger partial charge on any atom is -0.339 e. The van der Waals surface area contributed by atoms with Crippen LogP contribution in [0.5, 0.6) is 0 Å². The summed E-state index contributed by atoms with van der Waals surface area (Å²) in [6.07, 6.45) is 0. The van der Waals surface area contributed by atoms with E-state index in [-0.39, 0.29) is 0 Å². The fraction of sp³-hybridized carbons (Fsp3) is 0.192. The third kappa shape index (κ3) is 3.89. The molecule has 0 atom stereocenters. The Morgan fingerprint density at radius 3 is 2.36 bits per heavy atom. The van der Waals surface area contributed by atoms with Crippen molar-refractivity contribution in [1.82, 2.24) is 23.9 Å². The summed E-state index contributed by atoms with van der Waals surface area (Å²) < 4.78 is 30.0. The molecule has 0 bridgehead atoms. The Bertz CT molecular complexity index is 1690. The average molecular weight is 519 g/mol. The van der Waals surface area contributed by atoms with Gasteiger partial charge in [0.15, 0.2) is 11.5 Å². The number of piperazine rings is 1. The van der Waals surface area contributed by atoms with Crippen molar-refractivity contribution >= 4 is 44.1 Å². The largest absolute Gasteiger partial charge is 0.339 e. The number of rotatable bonds is 4. The Kier molecular flexibility index (Phi) is 5.63. The van der Waals surface area contributed by atoms with Crippen molar-refractivity contribution in [3.63, 3.8) is 0 Å². The highest BCUT2D eigenvalue weighted by Crippen LogP contribution is 2.30. The topological polar surface area (TPSA) is 83.7 Å². The quantitative estimate of drug-likeness (QED) is 0.350. The van der Waals surface area contributed by atoms with Crippen molar-refractivity contribution in [2.24, 2.45) is 0 Å². The molecule has 0 N–H and O–H groups in total. The molecule has 1 fully saturated rings. The van der Waals surface area contributed by atoms with Crippen molar-refractivity contribution in [2.75, 3.05) is 31.1 Å². The number of hydrogen-bond acceptors (Lipinski definition) is 6. The standard InChI is InChI=1S/C26H23ClN6O2S/c1-18-5-4-6-21(17-18)36(34,35)32-15-13-31(14-16-32)26-28-23-8-3-2-7-22(23)25-30-29-24(33(25)26)19-9-11-20(27)12-10-19/h2-12,17H,13-16H2,1H3. The molecule has 0 amide bonds. The maximum absolute atomic E-state index is 13.3. The third-order valence-electron chi connectivity index (χ3n) is 6.48. The van der Waals surface area contributed by atoms with Gasteiger partial charge in [0.2, 0.25) is 16.0 Å². The van der Waals surface area contributed by atoms with Gasteiger partial charge in [-0.3, -0.25) is 0 Å². The predicted molar refractivity (Wildman–Crippen MR) is 141 cm³/mol. The van der Waals surface area contributed by atoms with Gasteiger partial charge in [-0.1, -0.05) is 35.9 Å². The molecule has 5 aromatic rings. The summed E-state index contributed by atoms with van der Waals surface area (Å²) in [7, 11) is -3.57. The van der Waals surface area contributed by atoms with E-state index in [9.17, 15) is 8.42 Å². The smallest absolute Gasteiger partial charge is 0.243 e. The second-order valence-corrected chi connectivity index (χ2v) is 11.2. The molecule has 36 heavy (non-hydrogen) atoms. The van der Waals surface area contributed by atoms with Crippen LogP contribution in [0.25, 0.3) is 27.9 Å². The van der Waals surface area contributed by atoms with Crippen LogP contribution < -0.4 is 4.90 Å². The monoisotopic (exact) mass is 518 g/mol. The van der Waals surface area contributed by atoms with Gasteiger partial charge in [-0.2, -0.15) is 4.31 Å². The highest BCUT2D eigenvalue weighted by atomic mass is 35.5. The number of fused-ring (bicyclic) bond motifs is 3. The van der Waals surface area contributed by atoms with E-state index in [0.717, 1.165) is 22.0 Å². The maximum atomic E-state index is 13.3. The molecule has 0 spiro atoms. The van der Waals surface area contributed by atoms with Crippen LogP contribution in [0.3, 0.4) is 0 Å². The van der Waals surface area contributed by atoms with Gasteiger partial charge in [-0.15, -0.1) is 10.2 Å². The van der Waals surface area contributed by atoms with Gasteiger partial charge < -0.3 is 4.90 Å². The van der Waals surface area contributed by atoms with Gasteiger partial charge in [0.25, 0.3) is 0 Å². The summed E-state index contributed by atoms with van der Waals surface area (Å²) in [5.41, 5.74) is 3.30. The van der Waals surface area contributed by atoms with Gasteiger partial charge in [-0.05, 0) is 61.0 Å². The fourth-order valence-electron chi connectivity index (χ4n) is 4.62. The second kappa shape index (κ2) is 8.85. The molecular weight excluding hydrogens is 496 g/mol. The molecule has 1 aliphatic heterocycles. The lowest BCUT2D eigenvalue weighted by atomic mass is 10.2. The molecule has 1 saturated heterocycles. The molecule has 10 heteroatoms. The van der Waals surface area contributed by atoms with Crippen LogP contribution in [-0.4, -0.2) is 58.5 Å². The number of nitrogens with zero attached hydrogens (tertiary/aromatic N) is 6. The number of halogens is 1. The number of hydrogen-bond donors (Lipinski definition) is 0. The Balaban J connectivity index is 1.40. The van der Waals surface area contributed by atoms with E-state index < -0.39 is 10.0 Å². The highest BCUT2D eigenvalue weighted by molar-refractivity contribution is 7.89. The van der Waals surface area contributed by atoms with Gasteiger partial charge in [0, 0.05) is 42.2 Å². The zero-order chi connectivity index (χ0) is 24.9. The van der Waals surface area contributed by atoms with E-state index >= 15 is 0 Å². The summed E-state index contributed by atoms with van der Waals surface area (Å²) in [5, 5.41) is 10.5. The van der Waals surface area contributed by atoms with Crippen molar-refractivity contribution in [1.29, 1.82) is 0 Å². The second-order valence-electron chi connectivity index (χ2n) is 8.83. The van der Waals surface area contributed by atoms with Crippen LogP contribution in [0.1, 0.15) is 5.56 Å². The molecule has 8 nitrogen and oxygen atoms in total. The van der Waals surface area contributed by atoms with Gasteiger partial charge >= 0.3 is 0 Å². The van der Waals surface area contributed by atoms with Crippen LogP contribution in [0, 0.1) is 6.92 Å². The number of aryl methyl sites for hydroxylation is 1. The molecule has 0 aliphatic carbocycles. The van der Waals surface area contributed by atoms with E-state index in [1.807, 2.05) is 65.9 Å². The van der Waals surface area contributed by atoms with Crippen molar-refractivity contribution < 1.29 is 8.42 Å². The summed E-state index contributed by atoms with van der Waals surface area (Å²) in [6.45, 7) is 3.58.